The number of rotatable bonds is 4. The number of hydrogen-bond donors (Lipinski definition) is 1. The van der Waals surface area contributed by atoms with E-state index in [0.29, 0.717) is 0 Å². The van der Waals surface area contributed by atoms with Gasteiger partial charge in [-0.25, -0.2) is 0 Å². The summed E-state index contributed by atoms with van der Waals surface area (Å²) < 4.78 is 1.13. The van der Waals surface area contributed by atoms with Gasteiger partial charge in [0.2, 0.25) is 0 Å². The van der Waals surface area contributed by atoms with Gasteiger partial charge in [-0.05, 0) is 43.4 Å². The van der Waals surface area contributed by atoms with Gasteiger partial charge in [0.05, 0.1) is 0 Å². The van der Waals surface area contributed by atoms with Crippen LogP contribution in [0.15, 0.2) is 22.7 Å². The SMILES string of the molecule is CCCC1CCN(c2ccc(C(C)N)c(Br)c2)CC1. The molecule has 2 nitrogen and oxygen atoms in total. The summed E-state index contributed by atoms with van der Waals surface area (Å²) in [7, 11) is 0. The van der Waals surface area contributed by atoms with Gasteiger partial charge < -0.3 is 10.6 Å². The Morgan fingerprint density at radius 3 is 2.58 bits per heavy atom. The fourth-order valence-corrected chi connectivity index (χ4v) is 3.70. The molecule has 0 radical (unpaired) electrons. The summed E-state index contributed by atoms with van der Waals surface area (Å²) in [4.78, 5) is 2.50. The molecule has 1 aromatic rings. The molecule has 0 bridgehead atoms. The van der Waals surface area contributed by atoms with Gasteiger partial charge in [-0.1, -0.05) is 41.8 Å². The first-order valence-corrected chi connectivity index (χ1v) is 8.21. The second-order valence-electron chi connectivity index (χ2n) is 5.71. The third kappa shape index (κ3) is 3.73. The number of halogens is 1. The van der Waals surface area contributed by atoms with Crippen LogP contribution in [0.5, 0.6) is 0 Å². The summed E-state index contributed by atoms with van der Waals surface area (Å²) in [6.45, 7) is 6.69. The molecule has 0 amide bonds. The molecule has 1 atom stereocenters. The topological polar surface area (TPSA) is 29.3 Å². The third-order valence-corrected chi connectivity index (χ3v) is 4.84. The Hall–Kier alpha value is -0.540. The minimum atomic E-state index is 0.0821. The standard InChI is InChI=1S/C16H25BrN2/c1-3-4-13-7-9-19(10-8-13)14-5-6-15(12(2)18)16(17)11-14/h5-6,11-13H,3-4,7-10,18H2,1-2H3. The van der Waals surface area contributed by atoms with Crippen molar-refractivity contribution < 1.29 is 0 Å². The van der Waals surface area contributed by atoms with Crippen molar-refractivity contribution in [3.05, 3.63) is 28.2 Å². The van der Waals surface area contributed by atoms with Crippen molar-refractivity contribution in [1.29, 1.82) is 0 Å². The highest BCUT2D eigenvalue weighted by molar-refractivity contribution is 9.10. The normalized spacial score (nSPS) is 18.6. The lowest BCUT2D eigenvalue weighted by Crippen LogP contribution is -2.33. The molecule has 1 fully saturated rings. The molecule has 0 aromatic heterocycles. The summed E-state index contributed by atoms with van der Waals surface area (Å²) in [5.74, 6) is 0.938. The van der Waals surface area contributed by atoms with Crippen LogP contribution in [0.3, 0.4) is 0 Å². The summed E-state index contributed by atoms with van der Waals surface area (Å²) in [6, 6.07) is 6.67. The molecule has 19 heavy (non-hydrogen) atoms. The van der Waals surface area contributed by atoms with E-state index in [1.165, 1.54) is 50.0 Å². The van der Waals surface area contributed by atoms with Crippen LogP contribution >= 0.6 is 15.9 Å². The maximum atomic E-state index is 5.95. The van der Waals surface area contributed by atoms with E-state index in [9.17, 15) is 0 Å². The average molecular weight is 325 g/mol. The van der Waals surface area contributed by atoms with Gasteiger partial charge in [0.25, 0.3) is 0 Å². The van der Waals surface area contributed by atoms with Crippen molar-refractivity contribution in [3.63, 3.8) is 0 Å². The van der Waals surface area contributed by atoms with E-state index in [1.54, 1.807) is 0 Å². The van der Waals surface area contributed by atoms with E-state index in [2.05, 4.69) is 46.0 Å². The van der Waals surface area contributed by atoms with Gasteiger partial charge in [0, 0.05) is 29.3 Å². The lowest BCUT2D eigenvalue weighted by molar-refractivity contribution is 0.378. The second-order valence-corrected chi connectivity index (χ2v) is 6.57. The smallest absolute Gasteiger partial charge is 0.0377 e. The highest BCUT2D eigenvalue weighted by Gasteiger charge is 2.19. The Bertz CT molecular complexity index is 409. The number of piperidine rings is 1. The van der Waals surface area contributed by atoms with Crippen molar-refractivity contribution in [2.45, 2.75) is 45.6 Å². The Morgan fingerprint density at radius 2 is 2.05 bits per heavy atom. The van der Waals surface area contributed by atoms with Gasteiger partial charge in [-0.15, -0.1) is 0 Å². The van der Waals surface area contributed by atoms with E-state index in [4.69, 9.17) is 5.73 Å². The predicted octanol–water partition coefficient (Wildman–Crippen LogP) is 4.49. The van der Waals surface area contributed by atoms with Crippen LogP contribution in [0.25, 0.3) is 0 Å². The van der Waals surface area contributed by atoms with Crippen LogP contribution in [0.2, 0.25) is 0 Å². The summed E-state index contributed by atoms with van der Waals surface area (Å²) >= 11 is 3.64. The molecule has 1 unspecified atom stereocenters. The first-order valence-electron chi connectivity index (χ1n) is 7.41. The van der Waals surface area contributed by atoms with Gasteiger partial charge in [0.15, 0.2) is 0 Å². The molecule has 1 saturated heterocycles. The van der Waals surface area contributed by atoms with Gasteiger partial charge >= 0.3 is 0 Å². The fraction of sp³-hybridized carbons (Fsp3) is 0.625. The van der Waals surface area contributed by atoms with Gasteiger partial charge in [-0.2, -0.15) is 0 Å². The molecule has 2 N–H and O–H groups in total. The van der Waals surface area contributed by atoms with Gasteiger partial charge in [0.1, 0.15) is 0 Å². The fourth-order valence-electron chi connectivity index (χ4n) is 2.97. The molecule has 1 aliphatic heterocycles. The van der Waals surface area contributed by atoms with Gasteiger partial charge in [-0.3, -0.25) is 0 Å². The number of nitrogens with two attached hydrogens (primary N) is 1. The molecule has 0 aliphatic carbocycles. The van der Waals surface area contributed by atoms with Crippen LogP contribution in [0.4, 0.5) is 5.69 Å². The molecular weight excluding hydrogens is 300 g/mol. The number of nitrogens with zero attached hydrogens (tertiary/aromatic N) is 1. The maximum Gasteiger partial charge on any atom is 0.0377 e. The van der Waals surface area contributed by atoms with Crippen LogP contribution in [0.1, 0.15) is 51.1 Å². The summed E-state index contributed by atoms with van der Waals surface area (Å²) in [5.41, 5.74) is 8.46. The Morgan fingerprint density at radius 1 is 1.37 bits per heavy atom. The van der Waals surface area contributed by atoms with Crippen molar-refractivity contribution in [3.8, 4) is 0 Å². The van der Waals surface area contributed by atoms with E-state index in [0.717, 1.165) is 10.4 Å². The number of hydrogen-bond acceptors (Lipinski definition) is 2. The zero-order chi connectivity index (χ0) is 13.8. The van der Waals surface area contributed by atoms with Crippen LogP contribution in [0, 0.1) is 5.92 Å². The molecule has 2 rings (SSSR count). The predicted molar refractivity (Wildman–Crippen MR) is 86.6 cm³/mol. The Kier molecular flexibility index (Phi) is 5.28. The van der Waals surface area contributed by atoms with Crippen molar-refractivity contribution in [1.82, 2.24) is 0 Å². The van der Waals surface area contributed by atoms with E-state index in [-0.39, 0.29) is 6.04 Å². The zero-order valence-corrected chi connectivity index (χ0v) is 13.6. The number of benzene rings is 1. The molecule has 106 valence electrons. The van der Waals surface area contributed by atoms with Crippen LogP contribution in [-0.4, -0.2) is 13.1 Å². The molecule has 1 aromatic carbocycles. The van der Waals surface area contributed by atoms with Crippen molar-refractivity contribution in [2.75, 3.05) is 18.0 Å². The molecular formula is C16H25BrN2. The van der Waals surface area contributed by atoms with E-state index >= 15 is 0 Å². The summed E-state index contributed by atoms with van der Waals surface area (Å²) in [5, 5.41) is 0. The summed E-state index contributed by atoms with van der Waals surface area (Å²) in [6.07, 6.45) is 5.38. The second kappa shape index (κ2) is 6.76. The maximum absolute atomic E-state index is 5.95. The zero-order valence-electron chi connectivity index (χ0n) is 12.0. The van der Waals surface area contributed by atoms with E-state index < -0.39 is 0 Å². The van der Waals surface area contributed by atoms with Crippen molar-refractivity contribution >= 4 is 21.6 Å². The van der Waals surface area contributed by atoms with Crippen LogP contribution in [-0.2, 0) is 0 Å². The molecule has 0 spiro atoms. The highest BCUT2D eigenvalue weighted by atomic mass is 79.9. The lowest BCUT2D eigenvalue weighted by atomic mass is 9.92. The molecule has 1 aliphatic rings. The van der Waals surface area contributed by atoms with Crippen LogP contribution < -0.4 is 10.6 Å². The first kappa shape index (κ1) is 14.9. The minimum Gasteiger partial charge on any atom is -0.371 e. The average Bonchev–Trinajstić information content (AvgIpc) is 2.39. The first-order chi connectivity index (χ1) is 9.11. The largest absolute Gasteiger partial charge is 0.371 e. The van der Waals surface area contributed by atoms with Crippen molar-refractivity contribution in [2.24, 2.45) is 11.7 Å². The third-order valence-electron chi connectivity index (χ3n) is 4.15. The quantitative estimate of drug-likeness (QED) is 0.884. The molecule has 0 saturated carbocycles. The Balaban J connectivity index is 2.02. The molecule has 1 heterocycles. The monoisotopic (exact) mass is 324 g/mol. The van der Waals surface area contributed by atoms with E-state index in [1.807, 2.05) is 6.92 Å². The lowest BCUT2D eigenvalue weighted by Gasteiger charge is -2.34. The molecule has 3 heteroatoms. The minimum absolute atomic E-state index is 0.0821. The Labute approximate surface area is 125 Å². The highest BCUT2D eigenvalue weighted by Crippen LogP contribution is 2.30. The number of anilines is 1.